The predicted molar refractivity (Wildman–Crippen MR) is 87.8 cm³/mol. The third kappa shape index (κ3) is 4.29. The van der Waals surface area contributed by atoms with Gasteiger partial charge >= 0.3 is 0 Å². The summed E-state index contributed by atoms with van der Waals surface area (Å²) in [5.74, 6) is 1.10. The van der Waals surface area contributed by atoms with Crippen molar-refractivity contribution in [2.24, 2.45) is 0 Å². The molecular weight excluding hydrogens is 292 g/mol. The van der Waals surface area contributed by atoms with E-state index in [0.29, 0.717) is 18.0 Å². The van der Waals surface area contributed by atoms with E-state index in [0.717, 1.165) is 30.9 Å². The Balaban J connectivity index is 1.56. The second-order valence-corrected chi connectivity index (χ2v) is 5.59. The second-order valence-electron chi connectivity index (χ2n) is 5.59. The van der Waals surface area contributed by atoms with E-state index in [1.165, 1.54) is 0 Å². The molecule has 1 aliphatic rings. The van der Waals surface area contributed by atoms with E-state index in [4.69, 9.17) is 9.47 Å². The molecule has 0 aliphatic carbocycles. The number of pyridine rings is 1. The third-order valence-electron chi connectivity index (χ3n) is 3.71. The lowest BCUT2D eigenvalue weighted by Crippen LogP contribution is -2.16. The minimum Gasteiger partial charge on any atom is -0.491 e. The molecule has 1 fully saturated rings. The Hall–Kier alpha value is -2.40. The van der Waals surface area contributed by atoms with E-state index in [1.807, 2.05) is 19.1 Å². The van der Waals surface area contributed by atoms with Crippen molar-refractivity contribution in [3.63, 3.8) is 0 Å². The second kappa shape index (κ2) is 7.24. The van der Waals surface area contributed by atoms with Crippen molar-refractivity contribution >= 4 is 11.7 Å². The maximum absolute atomic E-state index is 12.2. The summed E-state index contributed by atoms with van der Waals surface area (Å²) in [7, 11) is 0. The zero-order valence-corrected chi connectivity index (χ0v) is 13.1. The monoisotopic (exact) mass is 312 g/mol. The predicted octanol–water partition coefficient (Wildman–Crippen LogP) is 3.20. The van der Waals surface area contributed by atoms with Crippen LogP contribution in [0.2, 0.25) is 0 Å². The van der Waals surface area contributed by atoms with Gasteiger partial charge in [-0.2, -0.15) is 0 Å². The van der Waals surface area contributed by atoms with E-state index in [9.17, 15) is 4.79 Å². The van der Waals surface area contributed by atoms with Gasteiger partial charge in [0.05, 0.1) is 6.10 Å². The molecule has 0 radical (unpaired) electrons. The summed E-state index contributed by atoms with van der Waals surface area (Å²) in [6.45, 7) is 3.26. The Morgan fingerprint density at radius 1 is 1.30 bits per heavy atom. The molecule has 120 valence electrons. The van der Waals surface area contributed by atoms with Crippen molar-refractivity contribution in [2.75, 3.05) is 18.5 Å². The first-order valence-corrected chi connectivity index (χ1v) is 7.80. The molecule has 1 aliphatic heterocycles. The van der Waals surface area contributed by atoms with Crippen LogP contribution in [0.5, 0.6) is 5.75 Å². The number of aromatic nitrogens is 1. The number of nitrogens with one attached hydrogen (secondary N) is 1. The number of benzene rings is 1. The van der Waals surface area contributed by atoms with Crippen LogP contribution in [0.15, 0.2) is 42.5 Å². The molecule has 0 saturated carbocycles. The number of carbonyl (C=O) groups excluding carboxylic acids is 1. The molecule has 2 aromatic rings. The molecule has 0 unspecified atom stereocenters. The van der Waals surface area contributed by atoms with Crippen molar-refractivity contribution in [3.05, 3.63) is 53.7 Å². The summed E-state index contributed by atoms with van der Waals surface area (Å²) in [6, 6.07) is 12.6. The summed E-state index contributed by atoms with van der Waals surface area (Å²) in [5, 5.41) is 2.78. The molecule has 1 atom stereocenters. The minimum absolute atomic E-state index is 0.186. The number of rotatable bonds is 5. The molecule has 5 heteroatoms. The quantitative estimate of drug-likeness (QED) is 0.921. The SMILES string of the molecule is Cc1cccc(NC(=O)c2ccc(OC[C@H]3CCCO3)cc2)n1. The lowest BCUT2D eigenvalue weighted by Gasteiger charge is -2.11. The Morgan fingerprint density at radius 2 is 2.13 bits per heavy atom. The van der Waals surface area contributed by atoms with Gasteiger partial charge in [-0.3, -0.25) is 4.79 Å². The van der Waals surface area contributed by atoms with E-state index < -0.39 is 0 Å². The zero-order valence-electron chi connectivity index (χ0n) is 13.1. The lowest BCUT2D eigenvalue weighted by molar-refractivity contribution is 0.0679. The van der Waals surface area contributed by atoms with Gasteiger partial charge in [0, 0.05) is 17.9 Å². The fraction of sp³-hybridized carbons (Fsp3) is 0.333. The number of carbonyl (C=O) groups is 1. The summed E-state index contributed by atoms with van der Waals surface area (Å²) >= 11 is 0. The van der Waals surface area contributed by atoms with E-state index in [1.54, 1.807) is 30.3 Å². The molecule has 0 spiro atoms. The number of ether oxygens (including phenoxy) is 2. The lowest BCUT2D eigenvalue weighted by atomic mass is 10.2. The van der Waals surface area contributed by atoms with Crippen LogP contribution in [-0.4, -0.2) is 30.2 Å². The Labute approximate surface area is 135 Å². The van der Waals surface area contributed by atoms with E-state index in [-0.39, 0.29) is 12.0 Å². The maximum atomic E-state index is 12.2. The highest BCUT2D eigenvalue weighted by Crippen LogP contribution is 2.17. The number of amides is 1. The van der Waals surface area contributed by atoms with Crippen molar-refractivity contribution in [3.8, 4) is 5.75 Å². The average Bonchev–Trinajstić information content (AvgIpc) is 3.07. The number of hydrogen-bond acceptors (Lipinski definition) is 4. The van der Waals surface area contributed by atoms with Gasteiger partial charge in [0.1, 0.15) is 18.2 Å². The minimum atomic E-state index is -0.186. The standard InChI is InChI=1S/C18H20N2O3/c1-13-4-2-6-17(19-13)20-18(21)14-7-9-15(10-8-14)23-12-16-5-3-11-22-16/h2,4,6-10,16H,3,5,11-12H2,1H3,(H,19,20,21)/t16-/m1/s1. The fourth-order valence-corrected chi connectivity index (χ4v) is 2.47. The van der Waals surface area contributed by atoms with Crippen LogP contribution < -0.4 is 10.1 Å². The average molecular weight is 312 g/mol. The molecule has 1 N–H and O–H groups in total. The molecule has 1 amide bonds. The van der Waals surface area contributed by atoms with Crippen LogP contribution in [0.25, 0.3) is 0 Å². The van der Waals surface area contributed by atoms with Gasteiger partial charge in [0.15, 0.2) is 0 Å². The largest absolute Gasteiger partial charge is 0.491 e. The first kappa shape index (κ1) is 15.5. The Kier molecular flexibility index (Phi) is 4.88. The molecule has 1 aromatic carbocycles. The van der Waals surface area contributed by atoms with Gasteiger partial charge in [-0.05, 0) is 56.2 Å². The van der Waals surface area contributed by atoms with Crippen LogP contribution in [0, 0.1) is 6.92 Å². The number of anilines is 1. The van der Waals surface area contributed by atoms with Crippen LogP contribution in [0.3, 0.4) is 0 Å². The van der Waals surface area contributed by atoms with Gasteiger partial charge in [-0.15, -0.1) is 0 Å². The van der Waals surface area contributed by atoms with Gasteiger partial charge in [0.2, 0.25) is 0 Å². The van der Waals surface area contributed by atoms with Crippen molar-refractivity contribution in [2.45, 2.75) is 25.9 Å². The van der Waals surface area contributed by atoms with Gasteiger partial charge in [-0.1, -0.05) is 6.07 Å². The van der Waals surface area contributed by atoms with Crippen LogP contribution >= 0.6 is 0 Å². The Morgan fingerprint density at radius 3 is 2.83 bits per heavy atom. The van der Waals surface area contributed by atoms with Crippen LogP contribution in [-0.2, 0) is 4.74 Å². The fourth-order valence-electron chi connectivity index (χ4n) is 2.47. The first-order chi connectivity index (χ1) is 11.2. The number of aryl methyl sites for hydroxylation is 1. The smallest absolute Gasteiger partial charge is 0.256 e. The third-order valence-corrected chi connectivity index (χ3v) is 3.71. The Bertz CT molecular complexity index is 664. The van der Waals surface area contributed by atoms with Crippen molar-refractivity contribution in [1.82, 2.24) is 4.98 Å². The summed E-state index contributed by atoms with van der Waals surface area (Å²) < 4.78 is 11.2. The molecule has 2 heterocycles. The highest BCUT2D eigenvalue weighted by molar-refractivity contribution is 6.03. The summed E-state index contributed by atoms with van der Waals surface area (Å²) in [4.78, 5) is 16.5. The van der Waals surface area contributed by atoms with Crippen LogP contribution in [0.4, 0.5) is 5.82 Å². The molecule has 0 bridgehead atoms. The molecular formula is C18H20N2O3. The van der Waals surface area contributed by atoms with Crippen molar-refractivity contribution < 1.29 is 14.3 Å². The van der Waals surface area contributed by atoms with E-state index >= 15 is 0 Å². The van der Waals surface area contributed by atoms with Gasteiger partial charge in [-0.25, -0.2) is 4.98 Å². The highest BCUT2D eigenvalue weighted by Gasteiger charge is 2.16. The molecule has 1 saturated heterocycles. The van der Waals surface area contributed by atoms with Crippen molar-refractivity contribution in [1.29, 1.82) is 0 Å². The number of hydrogen-bond donors (Lipinski definition) is 1. The van der Waals surface area contributed by atoms with Gasteiger partial charge < -0.3 is 14.8 Å². The topological polar surface area (TPSA) is 60.5 Å². The van der Waals surface area contributed by atoms with Gasteiger partial charge in [0.25, 0.3) is 5.91 Å². The van der Waals surface area contributed by atoms with E-state index in [2.05, 4.69) is 10.3 Å². The maximum Gasteiger partial charge on any atom is 0.256 e. The molecule has 1 aromatic heterocycles. The first-order valence-electron chi connectivity index (χ1n) is 7.80. The summed E-state index contributed by atoms with van der Waals surface area (Å²) in [6.07, 6.45) is 2.33. The van der Waals surface area contributed by atoms with Crippen LogP contribution in [0.1, 0.15) is 28.9 Å². The highest BCUT2D eigenvalue weighted by atomic mass is 16.5. The molecule has 5 nitrogen and oxygen atoms in total. The number of nitrogens with zero attached hydrogens (tertiary/aromatic N) is 1. The molecule has 23 heavy (non-hydrogen) atoms. The molecule has 3 rings (SSSR count). The summed E-state index contributed by atoms with van der Waals surface area (Å²) in [5.41, 5.74) is 1.43. The normalized spacial score (nSPS) is 17.0. The zero-order chi connectivity index (χ0) is 16.1.